The van der Waals surface area contributed by atoms with Gasteiger partial charge in [0.1, 0.15) is 5.75 Å². The summed E-state index contributed by atoms with van der Waals surface area (Å²) in [6.45, 7) is 3.64. The van der Waals surface area contributed by atoms with Crippen LogP contribution in [0.25, 0.3) is 22.3 Å². The molecule has 0 radical (unpaired) electrons. The zero-order chi connectivity index (χ0) is 23.2. The van der Waals surface area contributed by atoms with Crippen molar-refractivity contribution in [3.05, 3.63) is 63.7 Å². The van der Waals surface area contributed by atoms with Crippen LogP contribution in [0.1, 0.15) is 19.2 Å². The van der Waals surface area contributed by atoms with Crippen LogP contribution in [0.2, 0.25) is 5.02 Å². The molecule has 0 fully saturated rings. The summed E-state index contributed by atoms with van der Waals surface area (Å²) in [6.07, 6.45) is 0.697. The molecule has 0 aliphatic carbocycles. The summed E-state index contributed by atoms with van der Waals surface area (Å²) >= 11 is 7.48. The molecule has 172 valence electrons. The van der Waals surface area contributed by atoms with Gasteiger partial charge in [0.25, 0.3) is 5.56 Å². The number of rotatable bonds is 10. The van der Waals surface area contributed by atoms with Crippen LogP contribution in [-0.2, 0) is 17.0 Å². The number of fused-ring (bicyclic) bond motifs is 1. The van der Waals surface area contributed by atoms with E-state index >= 15 is 0 Å². The minimum atomic E-state index is -0.113. The molecule has 4 rings (SSSR count). The highest BCUT2D eigenvalue weighted by atomic mass is 35.5. The second-order valence-electron chi connectivity index (χ2n) is 7.10. The summed E-state index contributed by atoms with van der Waals surface area (Å²) in [5.41, 5.74) is 1.23. The first-order valence-corrected chi connectivity index (χ1v) is 11.8. The molecule has 0 N–H and O–H groups in total. The zero-order valence-corrected chi connectivity index (χ0v) is 19.9. The maximum absolute atomic E-state index is 13.1. The number of benzene rings is 2. The third-order valence-electron chi connectivity index (χ3n) is 4.88. The molecule has 2 aromatic heterocycles. The summed E-state index contributed by atoms with van der Waals surface area (Å²) in [6, 6.07) is 12.5. The highest BCUT2D eigenvalue weighted by molar-refractivity contribution is 7.98. The number of methoxy groups -OCH3 is 1. The molecule has 10 heteroatoms. The van der Waals surface area contributed by atoms with Crippen LogP contribution >= 0.6 is 23.4 Å². The first kappa shape index (κ1) is 23.3. The predicted octanol–water partition coefficient (Wildman–Crippen LogP) is 4.83. The third kappa shape index (κ3) is 5.55. The van der Waals surface area contributed by atoms with Crippen LogP contribution in [0, 0.1) is 0 Å². The van der Waals surface area contributed by atoms with Gasteiger partial charge in [-0.3, -0.25) is 9.36 Å². The molecular weight excluding hydrogens is 464 g/mol. The van der Waals surface area contributed by atoms with Crippen LogP contribution in [0.5, 0.6) is 5.75 Å². The number of ether oxygens (including phenoxy) is 2. The van der Waals surface area contributed by atoms with Crippen molar-refractivity contribution >= 4 is 34.3 Å². The highest BCUT2D eigenvalue weighted by Gasteiger charge is 2.15. The van der Waals surface area contributed by atoms with Gasteiger partial charge in [-0.05, 0) is 43.7 Å². The molecule has 0 amide bonds. The summed E-state index contributed by atoms with van der Waals surface area (Å²) in [5.74, 6) is 1.97. The van der Waals surface area contributed by atoms with E-state index in [1.807, 2.05) is 31.2 Å². The van der Waals surface area contributed by atoms with E-state index in [9.17, 15) is 4.79 Å². The van der Waals surface area contributed by atoms with Gasteiger partial charge in [-0.2, -0.15) is 4.98 Å². The molecule has 0 saturated heterocycles. The molecule has 2 heterocycles. The van der Waals surface area contributed by atoms with Crippen LogP contribution < -0.4 is 10.3 Å². The lowest BCUT2D eigenvalue weighted by Crippen LogP contribution is -2.24. The van der Waals surface area contributed by atoms with Gasteiger partial charge in [0.2, 0.25) is 11.7 Å². The monoisotopic (exact) mass is 486 g/mol. The fourth-order valence-corrected chi connectivity index (χ4v) is 4.30. The lowest BCUT2D eigenvalue weighted by Gasteiger charge is -2.12. The van der Waals surface area contributed by atoms with E-state index in [1.54, 1.807) is 29.9 Å². The maximum Gasteiger partial charge on any atom is 0.262 e. The van der Waals surface area contributed by atoms with Crippen molar-refractivity contribution in [1.82, 2.24) is 19.7 Å². The molecule has 0 bridgehead atoms. The molecule has 8 nitrogen and oxygen atoms in total. The Morgan fingerprint density at radius 1 is 1.18 bits per heavy atom. The average Bonchev–Trinajstić information content (AvgIpc) is 3.31. The quantitative estimate of drug-likeness (QED) is 0.179. The van der Waals surface area contributed by atoms with Crippen molar-refractivity contribution in [2.45, 2.75) is 30.8 Å². The average molecular weight is 487 g/mol. The lowest BCUT2D eigenvalue weighted by molar-refractivity contribution is 0.140. The van der Waals surface area contributed by atoms with Crippen molar-refractivity contribution in [3.63, 3.8) is 0 Å². The van der Waals surface area contributed by atoms with Gasteiger partial charge in [0.15, 0.2) is 5.16 Å². The van der Waals surface area contributed by atoms with Gasteiger partial charge >= 0.3 is 0 Å². The first-order chi connectivity index (χ1) is 16.1. The van der Waals surface area contributed by atoms with Gasteiger partial charge in [-0.1, -0.05) is 40.7 Å². The van der Waals surface area contributed by atoms with Gasteiger partial charge < -0.3 is 14.0 Å². The molecule has 0 saturated carbocycles. The van der Waals surface area contributed by atoms with Gasteiger partial charge in [-0.25, -0.2) is 4.98 Å². The van der Waals surface area contributed by atoms with Crippen LogP contribution in [-0.4, -0.2) is 40.0 Å². The van der Waals surface area contributed by atoms with Gasteiger partial charge in [-0.15, -0.1) is 0 Å². The van der Waals surface area contributed by atoms with E-state index in [2.05, 4.69) is 10.1 Å². The van der Waals surface area contributed by atoms with Crippen molar-refractivity contribution < 1.29 is 14.0 Å². The summed E-state index contributed by atoms with van der Waals surface area (Å²) < 4.78 is 17.8. The Morgan fingerprint density at radius 2 is 2.06 bits per heavy atom. The van der Waals surface area contributed by atoms with Crippen molar-refractivity contribution in [1.29, 1.82) is 0 Å². The number of hydrogen-bond acceptors (Lipinski definition) is 8. The Hall–Kier alpha value is -2.88. The van der Waals surface area contributed by atoms with Crippen molar-refractivity contribution in [3.8, 4) is 17.1 Å². The Balaban J connectivity index is 1.58. The summed E-state index contributed by atoms with van der Waals surface area (Å²) in [4.78, 5) is 22.3. The Bertz CT molecular complexity index is 1310. The lowest BCUT2D eigenvalue weighted by atomic mass is 10.2. The SMILES string of the molecule is CCOCCCn1c(SCc2nc(-c3cccc(OC)c3)no2)nc2cc(Cl)ccc2c1=O. The third-order valence-corrected chi connectivity index (χ3v) is 6.07. The normalized spacial score (nSPS) is 11.2. The second kappa shape index (κ2) is 10.8. The van der Waals surface area contributed by atoms with Gasteiger partial charge in [0.05, 0.1) is 23.8 Å². The van der Waals surface area contributed by atoms with Crippen molar-refractivity contribution in [2.75, 3.05) is 20.3 Å². The smallest absolute Gasteiger partial charge is 0.262 e. The van der Waals surface area contributed by atoms with Crippen LogP contribution in [0.3, 0.4) is 0 Å². The Morgan fingerprint density at radius 3 is 2.88 bits per heavy atom. The number of nitrogens with zero attached hydrogens (tertiary/aromatic N) is 4. The molecular formula is C23H23ClN4O4S. The van der Waals surface area contributed by atoms with E-state index in [-0.39, 0.29) is 5.56 Å². The molecule has 4 aromatic rings. The maximum atomic E-state index is 13.1. The molecule has 33 heavy (non-hydrogen) atoms. The highest BCUT2D eigenvalue weighted by Crippen LogP contribution is 2.26. The van der Waals surface area contributed by atoms with E-state index in [1.165, 1.54) is 11.8 Å². The van der Waals surface area contributed by atoms with Crippen molar-refractivity contribution in [2.24, 2.45) is 0 Å². The molecule has 2 aromatic carbocycles. The first-order valence-electron chi connectivity index (χ1n) is 10.5. The number of hydrogen-bond donors (Lipinski definition) is 0. The van der Waals surface area contributed by atoms with Gasteiger partial charge in [0, 0.05) is 30.3 Å². The zero-order valence-electron chi connectivity index (χ0n) is 18.3. The summed E-state index contributed by atoms with van der Waals surface area (Å²) in [5, 5.41) is 5.68. The summed E-state index contributed by atoms with van der Waals surface area (Å²) in [7, 11) is 1.61. The Labute approximate surface area is 199 Å². The number of thioether (sulfide) groups is 1. The fraction of sp³-hybridized carbons (Fsp3) is 0.304. The fourth-order valence-electron chi connectivity index (χ4n) is 3.27. The van der Waals surface area contributed by atoms with E-state index in [4.69, 9.17) is 30.6 Å². The van der Waals surface area contributed by atoms with E-state index < -0.39 is 0 Å². The topological polar surface area (TPSA) is 92.3 Å². The molecule has 0 aliphatic heterocycles. The Kier molecular flexibility index (Phi) is 7.64. The molecule has 0 atom stereocenters. The molecule has 0 spiro atoms. The molecule has 0 aliphatic rings. The standard InChI is InChI=1S/C23H23ClN4O4S/c1-3-31-11-5-10-28-22(29)18-9-8-16(24)13-19(18)25-23(28)33-14-20-26-21(27-32-20)15-6-4-7-17(12-15)30-2/h4,6-9,12-13H,3,5,10-11,14H2,1-2H3. The van der Waals surface area contributed by atoms with E-state index in [0.29, 0.717) is 70.5 Å². The molecule has 0 unspecified atom stereocenters. The van der Waals surface area contributed by atoms with Crippen LogP contribution in [0.15, 0.2) is 56.9 Å². The predicted molar refractivity (Wildman–Crippen MR) is 128 cm³/mol. The van der Waals surface area contributed by atoms with Crippen LogP contribution in [0.4, 0.5) is 0 Å². The second-order valence-corrected chi connectivity index (χ2v) is 8.47. The number of aromatic nitrogens is 4. The van der Waals surface area contributed by atoms with E-state index in [0.717, 1.165) is 5.56 Å². The minimum Gasteiger partial charge on any atom is -0.497 e. The largest absolute Gasteiger partial charge is 0.497 e. The minimum absolute atomic E-state index is 0.113. The number of halogens is 1.